The molecule has 0 bridgehead atoms. The van der Waals surface area contributed by atoms with Crippen LogP contribution in [-0.4, -0.2) is 31.9 Å². The third-order valence-electron chi connectivity index (χ3n) is 3.26. The first kappa shape index (κ1) is 14.5. The lowest BCUT2D eigenvalue weighted by molar-refractivity contribution is 0.0934. The number of hydrogen-bond acceptors (Lipinski definition) is 3. The molecule has 0 spiro atoms. The summed E-state index contributed by atoms with van der Waals surface area (Å²) in [6, 6.07) is 7.33. The summed E-state index contributed by atoms with van der Waals surface area (Å²) in [5.74, 6) is 0.200. The van der Waals surface area contributed by atoms with Crippen molar-refractivity contribution >= 4 is 31.7 Å². The zero-order valence-corrected chi connectivity index (χ0v) is 12.8. The van der Waals surface area contributed by atoms with Crippen LogP contribution >= 0.6 is 15.9 Å². The summed E-state index contributed by atoms with van der Waals surface area (Å²) in [6.45, 7) is 0. The maximum atomic E-state index is 12.0. The van der Waals surface area contributed by atoms with Gasteiger partial charge in [-0.05, 0) is 30.5 Å². The predicted octanol–water partition coefficient (Wildman–Crippen LogP) is 1.89. The first-order chi connectivity index (χ1) is 9.00. The number of alkyl halides is 1. The molecule has 0 atom stereocenters. The van der Waals surface area contributed by atoms with Crippen LogP contribution in [0.5, 0.6) is 0 Å². The molecule has 2 rings (SSSR count). The van der Waals surface area contributed by atoms with Gasteiger partial charge in [-0.25, -0.2) is 8.42 Å². The van der Waals surface area contributed by atoms with E-state index in [2.05, 4.69) is 21.2 Å². The molecule has 0 unspecified atom stereocenters. The number of carbonyl (C=O) groups excluding carboxylic acids is 1. The lowest BCUT2D eigenvalue weighted by atomic mass is 10.1. The molecule has 0 radical (unpaired) electrons. The quantitative estimate of drug-likeness (QED) is 0.850. The van der Waals surface area contributed by atoms with E-state index in [-0.39, 0.29) is 23.5 Å². The summed E-state index contributed by atoms with van der Waals surface area (Å²) in [6.07, 6.45) is 1.01. The number of nitrogens with one attached hydrogen (secondary N) is 1. The number of carbonyl (C=O) groups is 1. The number of amides is 1. The molecule has 19 heavy (non-hydrogen) atoms. The summed E-state index contributed by atoms with van der Waals surface area (Å²) in [7, 11) is -2.88. The molecule has 6 heteroatoms. The summed E-state index contributed by atoms with van der Waals surface area (Å²) >= 11 is 3.35. The second kappa shape index (κ2) is 6.05. The smallest absolute Gasteiger partial charge is 0.251 e. The Bertz CT molecular complexity index is 540. The monoisotopic (exact) mass is 345 g/mol. The van der Waals surface area contributed by atoms with Crippen molar-refractivity contribution in [3.05, 3.63) is 35.4 Å². The lowest BCUT2D eigenvalue weighted by Crippen LogP contribution is -2.40. The lowest BCUT2D eigenvalue weighted by Gasteiger charge is -2.23. The summed E-state index contributed by atoms with van der Waals surface area (Å²) in [4.78, 5) is 12.0. The Kier molecular flexibility index (Phi) is 4.62. The van der Waals surface area contributed by atoms with Crippen LogP contribution in [0.15, 0.2) is 24.3 Å². The summed E-state index contributed by atoms with van der Waals surface area (Å²) in [5, 5.41) is 3.65. The Labute approximate surface area is 121 Å². The molecule has 0 aromatic heterocycles. The van der Waals surface area contributed by atoms with Crippen LogP contribution in [0.1, 0.15) is 28.8 Å². The highest BCUT2D eigenvalue weighted by molar-refractivity contribution is 9.08. The van der Waals surface area contributed by atoms with Crippen LogP contribution in [0.2, 0.25) is 0 Å². The van der Waals surface area contributed by atoms with Gasteiger partial charge < -0.3 is 5.32 Å². The van der Waals surface area contributed by atoms with Gasteiger partial charge in [-0.2, -0.15) is 0 Å². The van der Waals surface area contributed by atoms with Crippen molar-refractivity contribution in [3.8, 4) is 0 Å². The minimum Gasteiger partial charge on any atom is -0.349 e. The molecule has 1 aromatic carbocycles. The molecule has 1 amide bonds. The molecule has 1 heterocycles. The number of hydrogen-bond donors (Lipinski definition) is 1. The highest BCUT2D eigenvalue weighted by Gasteiger charge is 2.24. The van der Waals surface area contributed by atoms with Gasteiger partial charge in [0, 0.05) is 16.9 Å². The van der Waals surface area contributed by atoms with Gasteiger partial charge in [0.1, 0.15) is 9.84 Å². The molecule has 4 nitrogen and oxygen atoms in total. The van der Waals surface area contributed by atoms with Crippen LogP contribution in [0.4, 0.5) is 0 Å². The van der Waals surface area contributed by atoms with Crippen LogP contribution in [0.25, 0.3) is 0 Å². The molecule has 1 fully saturated rings. The third kappa shape index (κ3) is 4.04. The second-order valence-electron chi connectivity index (χ2n) is 4.73. The average molecular weight is 346 g/mol. The predicted molar refractivity (Wildman–Crippen MR) is 78.2 cm³/mol. The van der Waals surface area contributed by atoms with Gasteiger partial charge in [0.15, 0.2) is 0 Å². The van der Waals surface area contributed by atoms with E-state index in [1.165, 1.54) is 0 Å². The second-order valence-corrected chi connectivity index (χ2v) is 7.59. The third-order valence-corrected chi connectivity index (χ3v) is 5.62. The summed E-state index contributed by atoms with van der Waals surface area (Å²) in [5.41, 5.74) is 1.72. The van der Waals surface area contributed by atoms with Gasteiger partial charge in [0.2, 0.25) is 0 Å². The van der Waals surface area contributed by atoms with Gasteiger partial charge in [-0.1, -0.05) is 28.1 Å². The standard InChI is InChI=1S/C13H16BrNO3S/c14-9-10-1-3-11(4-2-10)13(16)15-12-5-7-19(17,18)8-6-12/h1-4,12H,5-9H2,(H,15,16). The van der Waals surface area contributed by atoms with E-state index in [0.29, 0.717) is 18.4 Å². The molecular formula is C13H16BrNO3S. The van der Waals surface area contributed by atoms with Crippen molar-refractivity contribution < 1.29 is 13.2 Å². The molecule has 0 aliphatic carbocycles. The van der Waals surface area contributed by atoms with E-state index in [4.69, 9.17) is 0 Å². The number of benzene rings is 1. The fraction of sp³-hybridized carbons (Fsp3) is 0.462. The Morgan fingerprint density at radius 2 is 1.79 bits per heavy atom. The largest absolute Gasteiger partial charge is 0.349 e. The first-order valence-electron chi connectivity index (χ1n) is 6.16. The maximum absolute atomic E-state index is 12.0. The normalized spacial score (nSPS) is 19.0. The van der Waals surface area contributed by atoms with E-state index in [1.807, 2.05) is 12.1 Å². The van der Waals surface area contributed by atoms with Crippen molar-refractivity contribution in [1.82, 2.24) is 5.32 Å². The van der Waals surface area contributed by atoms with Crippen LogP contribution in [-0.2, 0) is 15.2 Å². The van der Waals surface area contributed by atoms with E-state index >= 15 is 0 Å². The number of sulfone groups is 1. The Balaban J connectivity index is 1.94. The minimum atomic E-state index is -2.88. The Morgan fingerprint density at radius 3 is 2.32 bits per heavy atom. The number of halogens is 1. The van der Waals surface area contributed by atoms with Crippen molar-refractivity contribution in [3.63, 3.8) is 0 Å². The van der Waals surface area contributed by atoms with Gasteiger partial charge >= 0.3 is 0 Å². The highest BCUT2D eigenvalue weighted by atomic mass is 79.9. The van der Waals surface area contributed by atoms with E-state index in [0.717, 1.165) is 10.9 Å². The molecule has 1 aliphatic heterocycles. The van der Waals surface area contributed by atoms with Crippen LogP contribution < -0.4 is 5.32 Å². The van der Waals surface area contributed by atoms with Gasteiger partial charge in [-0.15, -0.1) is 0 Å². The van der Waals surface area contributed by atoms with Gasteiger partial charge in [-0.3, -0.25) is 4.79 Å². The molecule has 1 aliphatic rings. The average Bonchev–Trinajstić information content (AvgIpc) is 2.41. The van der Waals surface area contributed by atoms with Crippen molar-refractivity contribution in [2.24, 2.45) is 0 Å². The minimum absolute atomic E-state index is 0.0353. The fourth-order valence-corrected chi connectivity index (χ4v) is 3.91. The van der Waals surface area contributed by atoms with Crippen LogP contribution in [0, 0.1) is 0 Å². The van der Waals surface area contributed by atoms with E-state index < -0.39 is 9.84 Å². The molecule has 0 saturated carbocycles. The van der Waals surface area contributed by atoms with E-state index in [9.17, 15) is 13.2 Å². The Morgan fingerprint density at radius 1 is 1.21 bits per heavy atom. The first-order valence-corrected chi connectivity index (χ1v) is 9.10. The van der Waals surface area contributed by atoms with Gasteiger partial charge in [0.25, 0.3) is 5.91 Å². The summed E-state index contributed by atoms with van der Waals surface area (Å²) < 4.78 is 22.6. The molecule has 1 N–H and O–H groups in total. The molecule has 1 aromatic rings. The zero-order chi connectivity index (χ0) is 13.9. The number of rotatable bonds is 3. The SMILES string of the molecule is O=C(NC1CCS(=O)(=O)CC1)c1ccc(CBr)cc1. The highest BCUT2D eigenvalue weighted by Crippen LogP contribution is 2.13. The molecular weight excluding hydrogens is 330 g/mol. The van der Waals surface area contributed by atoms with E-state index in [1.54, 1.807) is 12.1 Å². The van der Waals surface area contributed by atoms with Crippen molar-refractivity contribution in [2.45, 2.75) is 24.2 Å². The topological polar surface area (TPSA) is 63.2 Å². The van der Waals surface area contributed by atoms with Crippen LogP contribution in [0.3, 0.4) is 0 Å². The molecule has 104 valence electrons. The molecule has 1 saturated heterocycles. The van der Waals surface area contributed by atoms with Crippen molar-refractivity contribution in [2.75, 3.05) is 11.5 Å². The maximum Gasteiger partial charge on any atom is 0.251 e. The zero-order valence-electron chi connectivity index (χ0n) is 10.4. The van der Waals surface area contributed by atoms with Gasteiger partial charge in [0.05, 0.1) is 11.5 Å². The Hall–Kier alpha value is -0.880. The fourth-order valence-electron chi connectivity index (χ4n) is 2.05. The van der Waals surface area contributed by atoms with Crippen molar-refractivity contribution in [1.29, 1.82) is 0 Å².